The summed E-state index contributed by atoms with van der Waals surface area (Å²) in [5, 5.41) is 0. The van der Waals surface area contributed by atoms with Gasteiger partial charge in [-0.1, -0.05) is 25.0 Å². The first-order valence-electron chi connectivity index (χ1n) is 8.66. The molecule has 0 amide bonds. The minimum atomic E-state index is -0.784. The van der Waals surface area contributed by atoms with E-state index in [4.69, 9.17) is 9.47 Å². The van der Waals surface area contributed by atoms with Crippen molar-refractivity contribution < 1.29 is 23.5 Å². The number of Topliss-reactive ketones (excluding diaryl/α,β-unsaturated/α-hetero) is 1. The molecule has 0 unspecified atom stereocenters. The van der Waals surface area contributed by atoms with Crippen LogP contribution in [0.25, 0.3) is 0 Å². The standard InChI is InChI=1S/C21H21FO4/c1-25-18-10-4-15(5-11-18)19(23)14-26-20(24)21(12-2-3-13-21)16-6-8-17(22)9-7-16/h4-11H,2-3,12-14H2,1H3. The van der Waals surface area contributed by atoms with E-state index in [9.17, 15) is 14.0 Å². The topological polar surface area (TPSA) is 52.6 Å². The average molecular weight is 356 g/mol. The van der Waals surface area contributed by atoms with Crippen LogP contribution in [0.15, 0.2) is 48.5 Å². The van der Waals surface area contributed by atoms with Crippen molar-refractivity contribution in [1.82, 2.24) is 0 Å². The quantitative estimate of drug-likeness (QED) is 0.578. The number of ketones is 1. The van der Waals surface area contributed by atoms with Crippen molar-refractivity contribution in [3.63, 3.8) is 0 Å². The fourth-order valence-corrected chi connectivity index (χ4v) is 3.49. The lowest BCUT2D eigenvalue weighted by molar-refractivity contribution is -0.149. The first kappa shape index (κ1) is 18.1. The second-order valence-corrected chi connectivity index (χ2v) is 6.52. The Morgan fingerprint density at radius 1 is 1.00 bits per heavy atom. The fourth-order valence-electron chi connectivity index (χ4n) is 3.49. The highest BCUT2D eigenvalue weighted by atomic mass is 19.1. The van der Waals surface area contributed by atoms with Gasteiger partial charge in [-0.2, -0.15) is 0 Å². The molecule has 5 heteroatoms. The van der Waals surface area contributed by atoms with Crippen LogP contribution in [0.2, 0.25) is 0 Å². The van der Waals surface area contributed by atoms with Crippen LogP contribution in [0, 0.1) is 5.82 Å². The highest BCUT2D eigenvalue weighted by Gasteiger charge is 2.44. The molecule has 1 saturated carbocycles. The van der Waals surface area contributed by atoms with Crippen LogP contribution in [0.1, 0.15) is 41.6 Å². The number of esters is 1. The molecular weight excluding hydrogens is 335 g/mol. The van der Waals surface area contributed by atoms with E-state index in [-0.39, 0.29) is 18.2 Å². The fraction of sp³-hybridized carbons (Fsp3) is 0.333. The largest absolute Gasteiger partial charge is 0.497 e. The second kappa shape index (κ2) is 7.68. The van der Waals surface area contributed by atoms with Gasteiger partial charge in [0.15, 0.2) is 12.4 Å². The Bertz CT molecular complexity index is 775. The second-order valence-electron chi connectivity index (χ2n) is 6.52. The summed E-state index contributed by atoms with van der Waals surface area (Å²) in [6, 6.07) is 12.6. The first-order chi connectivity index (χ1) is 12.5. The number of rotatable bonds is 6. The van der Waals surface area contributed by atoms with Crippen molar-refractivity contribution in [2.24, 2.45) is 0 Å². The number of hydrogen-bond acceptors (Lipinski definition) is 4. The normalized spacial score (nSPS) is 15.5. The molecular formula is C21H21FO4. The molecule has 136 valence electrons. The van der Waals surface area contributed by atoms with E-state index in [1.807, 2.05) is 0 Å². The highest BCUT2D eigenvalue weighted by molar-refractivity contribution is 5.98. The third-order valence-electron chi connectivity index (χ3n) is 4.99. The van der Waals surface area contributed by atoms with Gasteiger partial charge in [0.25, 0.3) is 0 Å². The van der Waals surface area contributed by atoms with Crippen molar-refractivity contribution >= 4 is 11.8 Å². The summed E-state index contributed by atoms with van der Waals surface area (Å²) in [5.41, 5.74) is 0.424. The molecule has 3 rings (SSSR count). The molecule has 2 aromatic carbocycles. The molecule has 0 heterocycles. The van der Waals surface area contributed by atoms with E-state index in [0.717, 1.165) is 18.4 Å². The van der Waals surface area contributed by atoms with Gasteiger partial charge >= 0.3 is 5.97 Å². The zero-order chi connectivity index (χ0) is 18.6. The van der Waals surface area contributed by atoms with Gasteiger partial charge in [0.1, 0.15) is 11.6 Å². The maximum Gasteiger partial charge on any atom is 0.317 e. The Morgan fingerprint density at radius 3 is 2.19 bits per heavy atom. The average Bonchev–Trinajstić information content (AvgIpc) is 3.17. The summed E-state index contributed by atoms with van der Waals surface area (Å²) < 4.78 is 23.7. The molecule has 0 bridgehead atoms. The van der Waals surface area contributed by atoms with Crippen molar-refractivity contribution in [3.8, 4) is 5.75 Å². The summed E-state index contributed by atoms with van der Waals surface area (Å²) >= 11 is 0. The molecule has 1 aliphatic rings. The lowest BCUT2D eigenvalue weighted by atomic mass is 9.79. The summed E-state index contributed by atoms with van der Waals surface area (Å²) in [4.78, 5) is 25.1. The van der Waals surface area contributed by atoms with Crippen molar-refractivity contribution in [2.75, 3.05) is 13.7 Å². The van der Waals surface area contributed by atoms with Crippen LogP contribution in [0.3, 0.4) is 0 Å². The maximum atomic E-state index is 13.2. The van der Waals surface area contributed by atoms with Crippen LogP contribution in [0.5, 0.6) is 5.75 Å². The zero-order valence-corrected chi connectivity index (χ0v) is 14.7. The van der Waals surface area contributed by atoms with Crippen LogP contribution >= 0.6 is 0 Å². The van der Waals surface area contributed by atoms with E-state index in [2.05, 4.69) is 0 Å². The van der Waals surface area contributed by atoms with Crippen LogP contribution in [0.4, 0.5) is 4.39 Å². The SMILES string of the molecule is COc1ccc(C(=O)COC(=O)C2(c3ccc(F)cc3)CCCC2)cc1. The summed E-state index contributed by atoms with van der Waals surface area (Å²) in [7, 11) is 1.55. The molecule has 0 N–H and O–H groups in total. The molecule has 0 radical (unpaired) electrons. The number of benzene rings is 2. The van der Waals surface area contributed by atoms with E-state index >= 15 is 0 Å². The Labute approximate surface area is 151 Å². The number of halogens is 1. The summed E-state index contributed by atoms with van der Waals surface area (Å²) in [6.07, 6.45) is 3.10. The van der Waals surface area contributed by atoms with Gasteiger partial charge in [0.05, 0.1) is 12.5 Å². The number of hydrogen-bond donors (Lipinski definition) is 0. The Hall–Kier alpha value is -2.69. The smallest absolute Gasteiger partial charge is 0.317 e. The molecule has 1 fully saturated rings. The Morgan fingerprint density at radius 2 is 1.62 bits per heavy atom. The highest BCUT2D eigenvalue weighted by Crippen LogP contribution is 2.42. The summed E-state index contributed by atoms with van der Waals surface area (Å²) in [6.45, 7) is -0.311. The molecule has 0 aromatic heterocycles. The number of carbonyl (C=O) groups is 2. The predicted molar refractivity (Wildman–Crippen MR) is 94.8 cm³/mol. The first-order valence-corrected chi connectivity index (χ1v) is 8.66. The number of methoxy groups -OCH3 is 1. The van der Waals surface area contributed by atoms with Crippen molar-refractivity contribution in [2.45, 2.75) is 31.1 Å². The zero-order valence-electron chi connectivity index (χ0n) is 14.7. The van der Waals surface area contributed by atoms with E-state index in [1.54, 1.807) is 43.5 Å². The lowest BCUT2D eigenvalue weighted by Crippen LogP contribution is -2.35. The van der Waals surface area contributed by atoms with Crippen molar-refractivity contribution in [3.05, 3.63) is 65.5 Å². The molecule has 2 aromatic rings. The molecule has 1 aliphatic carbocycles. The van der Waals surface area contributed by atoms with Gasteiger partial charge in [-0.3, -0.25) is 9.59 Å². The molecule has 0 spiro atoms. The lowest BCUT2D eigenvalue weighted by Gasteiger charge is -2.27. The molecule has 0 atom stereocenters. The van der Waals surface area contributed by atoms with Gasteiger partial charge in [0, 0.05) is 5.56 Å². The van der Waals surface area contributed by atoms with Crippen molar-refractivity contribution in [1.29, 1.82) is 0 Å². The maximum absolute atomic E-state index is 13.2. The predicted octanol–water partition coefficient (Wildman–Crippen LogP) is 4.07. The van der Waals surface area contributed by atoms with E-state index in [1.165, 1.54) is 12.1 Å². The van der Waals surface area contributed by atoms with Gasteiger partial charge in [-0.25, -0.2) is 4.39 Å². The van der Waals surface area contributed by atoms with Gasteiger partial charge in [-0.05, 0) is 54.8 Å². The Kier molecular flexibility index (Phi) is 5.35. The monoisotopic (exact) mass is 356 g/mol. The number of ether oxygens (including phenoxy) is 2. The van der Waals surface area contributed by atoms with E-state index in [0.29, 0.717) is 24.2 Å². The third kappa shape index (κ3) is 3.62. The summed E-state index contributed by atoms with van der Waals surface area (Å²) in [5.74, 6) is -0.374. The Balaban J connectivity index is 1.70. The van der Waals surface area contributed by atoms with Crippen LogP contribution in [-0.4, -0.2) is 25.5 Å². The molecule has 26 heavy (non-hydrogen) atoms. The van der Waals surface area contributed by atoms with Crippen LogP contribution < -0.4 is 4.74 Å². The van der Waals surface area contributed by atoms with Crippen LogP contribution in [-0.2, 0) is 14.9 Å². The molecule has 0 saturated heterocycles. The van der Waals surface area contributed by atoms with E-state index < -0.39 is 11.4 Å². The minimum Gasteiger partial charge on any atom is -0.497 e. The third-order valence-corrected chi connectivity index (χ3v) is 4.99. The van der Waals surface area contributed by atoms with Gasteiger partial charge < -0.3 is 9.47 Å². The molecule has 4 nitrogen and oxygen atoms in total. The molecule has 0 aliphatic heterocycles. The minimum absolute atomic E-state index is 0.270. The number of carbonyl (C=O) groups excluding carboxylic acids is 2. The van der Waals surface area contributed by atoms with Gasteiger partial charge in [0.2, 0.25) is 0 Å². The van der Waals surface area contributed by atoms with Gasteiger partial charge in [-0.15, -0.1) is 0 Å².